The van der Waals surface area contributed by atoms with E-state index in [1.54, 1.807) is 73.7 Å². The van der Waals surface area contributed by atoms with Gasteiger partial charge in [-0.25, -0.2) is 8.42 Å². The van der Waals surface area contributed by atoms with Crippen LogP contribution in [0.2, 0.25) is 0 Å². The Labute approximate surface area is 217 Å². The lowest BCUT2D eigenvalue weighted by atomic mass is 10.1. The van der Waals surface area contributed by atoms with Crippen molar-refractivity contribution >= 4 is 27.5 Å². The van der Waals surface area contributed by atoms with Crippen LogP contribution in [0.4, 0.5) is 5.69 Å². The van der Waals surface area contributed by atoms with Crippen molar-refractivity contribution < 1.29 is 27.5 Å². The molecule has 3 aromatic carbocycles. The average Bonchev–Trinajstić information content (AvgIpc) is 2.94. The predicted molar refractivity (Wildman–Crippen MR) is 141 cm³/mol. The van der Waals surface area contributed by atoms with Gasteiger partial charge >= 0.3 is 0 Å². The Hall–Kier alpha value is -4.05. The first-order chi connectivity index (χ1) is 17.7. The Balaban J connectivity index is 2.06. The van der Waals surface area contributed by atoms with Crippen molar-refractivity contribution in [2.75, 3.05) is 32.1 Å². The number of amides is 2. The van der Waals surface area contributed by atoms with Crippen molar-refractivity contribution in [3.63, 3.8) is 0 Å². The van der Waals surface area contributed by atoms with Crippen LogP contribution in [0, 0.1) is 0 Å². The molecule has 0 saturated carbocycles. The number of rotatable bonds is 11. The minimum atomic E-state index is -4.17. The van der Waals surface area contributed by atoms with Crippen LogP contribution >= 0.6 is 0 Å². The van der Waals surface area contributed by atoms with Crippen molar-refractivity contribution in [1.82, 2.24) is 10.2 Å². The Bertz CT molecular complexity index is 1330. The number of anilines is 1. The summed E-state index contributed by atoms with van der Waals surface area (Å²) in [5.74, 6) is -0.0661. The molecule has 3 aromatic rings. The van der Waals surface area contributed by atoms with Crippen LogP contribution in [0.25, 0.3) is 0 Å². The molecule has 2 amide bonds. The molecule has 10 heteroatoms. The van der Waals surface area contributed by atoms with Crippen LogP contribution in [0.15, 0.2) is 83.8 Å². The summed E-state index contributed by atoms with van der Waals surface area (Å²) >= 11 is 0. The number of hydrogen-bond donors (Lipinski definition) is 1. The molecule has 196 valence electrons. The molecular weight excluding hydrogens is 494 g/mol. The molecule has 1 atom stereocenters. The van der Waals surface area contributed by atoms with E-state index >= 15 is 0 Å². The quantitative estimate of drug-likeness (QED) is 0.413. The van der Waals surface area contributed by atoms with Gasteiger partial charge in [-0.3, -0.25) is 13.9 Å². The second-order valence-corrected chi connectivity index (χ2v) is 10.0. The van der Waals surface area contributed by atoms with Crippen molar-refractivity contribution in [3.05, 3.63) is 84.4 Å². The highest BCUT2D eigenvalue weighted by Crippen LogP contribution is 2.32. The standard InChI is InChI=1S/C27H31N3O6S/c1-20(27(32)28-2)29(18-21-11-10-12-22(17-21)35-3)26(31)19-30(24-15-8-9-16-25(24)36-4)37(33,34)23-13-6-5-7-14-23/h5-17,20H,18-19H2,1-4H3,(H,28,32)/t20-/m1/s1. The number of nitrogens with one attached hydrogen (secondary N) is 1. The molecule has 9 nitrogen and oxygen atoms in total. The van der Waals surface area contributed by atoms with Gasteiger partial charge in [-0.05, 0) is 48.9 Å². The smallest absolute Gasteiger partial charge is 0.264 e. The summed E-state index contributed by atoms with van der Waals surface area (Å²) in [5.41, 5.74) is 0.925. The number of nitrogens with zero attached hydrogens (tertiary/aromatic N) is 2. The van der Waals surface area contributed by atoms with Gasteiger partial charge in [0.25, 0.3) is 10.0 Å². The Morgan fingerprint density at radius 3 is 2.24 bits per heavy atom. The topological polar surface area (TPSA) is 105 Å². The molecule has 0 unspecified atom stereocenters. The van der Waals surface area contributed by atoms with Crippen molar-refractivity contribution in [1.29, 1.82) is 0 Å². The van der Waals surface area contributed by atoms with Crippen LogP contribution in [0.3, 0.4) is 0 Å². The van der Waals surface area contributed by atoms with Gasteiger partial charge in [0.15, 0.2) is 0 Å². The monoisotopic (exact) mass is 525 g/mol. The van der Waals surface area contributed by atoms with Gasteiger partial charge in [0.2, 0.25) is 11.8 Å². The number of hydrogen-bond acceptors (Lipinski definition) is 6. The normalized spacial score (nSPS) is 11.8. The zero-order valence-corrected chi connectivity index (χ0v) is 22.1. The van der Waals surface area contributed by atoms with Crippen molar-refractivity contribution in [3.8, 4) is 11.5 Å². The van der Waals surface area contributed by atoms with E-state index < -0.39 is 28.5 Å². The van der Waals surface area contributed by atoms with E-state index in [9.17, 15) is 18.0 Å². The van der Waals surface area contributed by atoms with Crippen LogP contribution in [0.1, 0.15) is 12.5 Å². The average molecular weight is 526 g/mol. The third-order valence-corrected chi connectivity index (χ3v) is 7.64. The predicted octanol–water partition coefficient (Wildman–Crippen LogP) is 3.06. The molecule has 0 spiro atoms. The second-order valence-electron chi connectivity index (χ2n) is 8.16. The third-order valence-electron chi connectivity index (χ3n) is 5.86. The molecule has 0 radical (unpaired) electrons. The molecule has 0 fully saturated rings. The number of sulfonamides is 1. The summed E-state index contributed by atoms with van der Waals surface area (Å²) in [6.07, 6.45) is 0. The van der Waals surface area contributed by atoms with E-state index in [1.807, 2.05) is 0 Å². The summed E-state index contributed by atoms with van der Waals surface area (Å²) in [5, 5.41) is 2.56. The highest BCUT2D eigenvalue weighted by Gasteiger charge is 2.33. The maximum absolute atomic E-state index is 13.8. The minimum Gasteiger partial charge on any atom is -0.497 e. The summed E-state index contributed by atoms with van der Waals surface area (Å²) in [6, 6.07) is 20.7. The third kappa shape index (κ3) is 6.39. The summed E-state index contributed by atoms with van der Waals surface area (Å²) in [6.45, 7) is 1.11. The maximum Gasteiger partial charge on any atom is 0.264 e. The van der Waals surface area contributed by atoms with Crippen molar-refractivity contribution in [2.45, 2.75) is 24.4 Å². The number of para-hydroxylation sites is 2. The van der Waals surface area contributed by atoms with Gasteiger partial charge < -0.3 is 19.7 Å². The van der Waals surface area contributed by atoms with Crippen LogP contribution in [0.5, 0.6) is 11.5 Å². The molecule has 3 rings (SSSR count). The zero-order chi connectivity index (χ0) is 27.0. The summed E-state index contributed by atoms with van der Waals surface area (Å²) < 4.78 is 39.2. The zero-order valence-electron chi connectivity index (χ0n) is 21.2. The highest BCUT2D eigenvalue weighted by molar-refractivity contribution is 7.92. The molecule has 0 aliphatic rings. The molecule has 37 heavy (non-hydrogen) atoms. The molecule has 0 heterocycles. The molecule has 0 aliphatic heterocycles. The molecular formula is C27H31N3O6S. The van der Waals surface area contributed by atoms with Crippen LogP contribution < -0.4 is 19.1 Å². The minimum absolute atomic E-state index is 0.0207. The molecule has 0 aliphatic carbocycles. The molecule has 0 aromatic heterocycles. The van der Waals surface area contributed by atoms with Crippen LogP contribution in [-0.4, -0.2) is 59.0 Å². The van der Waals surface area contributed by atoms with Gasteiger partial charge in [-0.15, -0.1) is 0 Å². The number of benzene rings is 3. The fraction of sp³-hybridized carbons (Fsp3) is 0.259. The maximum atomic E-state index is 13.8. The lowest BCUT2D eigenvalue weighted by Crippen LogP contribution is -2.50. The van der Waals surface area contributed by atoms with E-state index in [2.05, 4.69) is 5.32 Å². The van der Waals surface area contributed by atoms with Gasteiger partial charge in [-0.1, -0.05) is 42.5 Å². The molecule has 1 N–H and O–H groups in total. The lowest BCUT2D eigenvalue weighted by molar-refractivity contribution is -0.139. The second kappa shape index (κ2) is 12.3. The summed E-state index contributed by atoms with van der Waals surface area (Å²) in [7, 11) is 0.279. The Morgan fingerprint density at radius 2 is 1.59 bits per heavy atom. The number of likely N-dealkylation sites (N-methyl/N-ethyl adjacent to an activating group) is 1. The fourth-order valence-electron chi connectivity index (χ4n) is 3.83. The van der Waals surface area contributed by atoms with E-state index in [4.69, 9.17) is 9.47 Å². The molecule has 0 bridgehead atoms. The largest absolute Gasteiger partial charge is 0.497 e. The van der Waals surface area contributed by atoms with Crippen LogP contribution in [-0.2, 0) is 26.2 Å². The fourth-order valence-corrected chi connectivity index (χ4v) is 5.27. The lowest BCUT2D eigenvalue weighted by Gasteiger charge is -2.32. The van der Waals surface area contributed by atoms with E-state index in [-0.39, 0.29) is 28.8 Å². The van der Waals surface area contributed by atoms with Gasteiger partial charge in [0, 0.05) is 13.6 Å². The molecule has 0 saturated heterocycles. The number of carbonyl (C=O) groups excluding carboxylic acids is 2. The first kappa shape index (κ1) is 27.5. The van der Waals surface area contributed by atoms with Gasteiger partial charge in [0.1, 0.15) is 24.1 Å². The number of methoxy groups -OCH3 is 2. The summed E-state index contributed by atoms with van der Waals surface area (Å²) in [4.78, 5) is 27.7. The number of ether oxygens (including phenoxy) is 2. The Kier molecular flexibility index (Phi) is 9.13. The highest BCUT2D eigenvalue weighted by atomic mass is 32.2. The first-order valence-corrected chi connectivity index (χ1v) is 13.0. The SMILES string of the molecule is CNC(=O)[C@@H](C)N(Cc1cccc(OC)c1)C(=O)CN(c1ccccc1OC)S(=O)(=O)c1ccccc1. The van der Waals surface area contributed by atoms with E-state index in [0.29, 0.717) is 5.75 Å². The first-order valence-electron chi connectivity index (χ1n) is 11.6. The van der Waals surface area contributed by atoms with Crippen molar-refractivity contribution in [2.24, 2.45) is 0 Å². The van der Waals surface area contributed by atoms with E-state index in [0.717, 1.165) is 9.87 Å². The van der Waals surface area contributed by atoms with E-state index in [1.165, 1.54) is 38.3 Å². The number of carbonyl (C=O) groups is 2. The van der Waals surface area contributed by atoms with Gasteiger partial charge in [0.05, 0.1) is 24.8 Å². The van der Waals surface area contributed by atoms with Gasteiger partial charge in [-0.2, -0.15) is 0 Å². The Morgan fingerprint density at radius 1 is 0.919 bits per heavy atom.